The number of nitrogens with one attached hydrogen (secondary N) is 1. The zero-order valence-electron chi connectivity index (χ0n) is 13.1. The number of aliphatic hydroxyl groups excluding tert-OH is 1. The summed E-state index contributed by atoms with van der Waals surface area (Å²) in [4.78, 5) is 25.4. The highest BCUT2D eigenvalue weighted by Crippen LogP contribution is 2.09. The molecule has 21 heavy (non-hydrogen) atoms. The predicted molar refractivity (Wildman–Crippen MR) is 82.3 cm³/mol. The molecular formula is C16H24N2O3. The maximum absolute atomic E-state index is 12.1. The SMILES string of the molecule is CCC(C)C(O)CNC(=O)c1cccc(C(=O)N(C)C)c1. The molecule has 0 saturated carbocycles. The fourth-order valence-electron chi connectivity index (χ4n) is 1.82. The van der Waals surface area contributed by atoms with E-state index in [4.69, 9.17) is 0 Å². The molecule has 5 heteroatoms. The predicted octanol–water partition coefficient (Wildman–Crippen LogP) is 1.53. The van der Waals surface area contributed by atoms with Gasteiger partial charge in [0.2, 0.25) is 0 Å². The minimum Gasteiger partial charge on any atom is -0.391 e. The molecule has 2 amide bonds. The van der Waals surface area contributed by atoms with Gasteiger partial charge in [-0.05, 0) is 24.1 Å². The molecule has 1 rings (SSSR count). The lowest BCUT2D eigenvalue weighted by molar-refractivity contribution is 0.0827. The number of carbonyl (C=O) groups excluding carboxylic acids is 2. The Balaban J connectivity index is 2.71. The quantitative estimate of drug-likeness (QED) is 0.835. The van der Waals surface area contributed by atoms with Crippen LogP contribution < -0.4 is 5.32 Å². The molecule has 0 aliphatic rings. The fourth-order valence-corrected chi connectivity index (χ4v) is 1.82. The Kier molecular flexibility index (Phi) is 6.37. The Morgan fingerprint density at radius 1 is 1.29 bits per heavy atom. The van der Waals surface area contributed by atoms with Crippen LogP contribution >= 0.6 is 0 Å². The van der Waals surface area contributed by atoms with Crippen molar-refractivity contribution in [1.29, 1.82) is 0 Å². The van der Waals surface area contributed by atoms with E-state index < -0.39 is 6.10 Å². The minimum atomic E-state index is -0.564. The molecule has 0 aromatic heterocycles. The van der Waals surface area contributed by atoms with E-state index in [2.05, 4.69) is 5.32 Å². The summed E-state index contributed by atoms with van der Waals surface area (Å²) in [5.74, 6) is -0.304. The molecule has 2 N–H and O–H groups in total. The second-order valence-electron chi connectivity index (χ2n) is 5.44. The fraction of sp³-hybridized carbons (Fsp3) is 0.500. The lowest BCUT2D eigenvalue weighted by atomic mass is 10.0. The monoisotopic (exact) mass is 292 g/mol. The standard InChI is InChI=1S/C16H24N2O3/c1-5-11(2)14(19)10-17-15(20)12-7-6-8-13(9-12)16(21)18(3)4/h6-9,11,14,19H,5,10H2,1-4H3,(H,17,20). The van der Waals surface area contributed by atoms with Gasteiger partial charge in [-0.1, -0.05) is 26.3 Å². The van der Waals surface area contributed by atoms with Gasteiger partial charge in [0.25, 0.3) is 11.8 Å². The largest absolute Gasteiger partial charge is 0.391 e. The van der Waals surface area contributed by atoms with Crippen LogP contribution in [0.5, 0.6) is 0 Å². The van der Waals surface area contributed by atoms with Gasteiger partial charge in [0, 0.05) is 31.8 Å². The highest BCUT2D eigenvalue weighted by atomic mass is 16.3. The lowest BCUT2D eigenvalue weighted by Crippen LogP contribution is -2.35. The van der Waals surface area contributed by atoms with Crippen molar-refractivity contribution in [1.82, 2.24) is 10.2 Å². The molecular weight excluding hydrogens is 268 g/mol. The second-order valence-corrected chi connectivity index (χ2v) is 5.44. The maximum atomic E-state index is 12.1. The summed E-state index contributed by atoms with van der Waals surface area (Å²) < 4.78 is 0. The van der Waals surface area contributed by atoms with Crippen molar-refractivity contribution in [3.63, 3.8) is 0 Å². The van der Waals surface area contributed by atoms with Crippen LogP contribution in [0.4, 0.5) is 0 Å². The van der Waals surface area contributed by atoms with Gasteiger partial charge >= 0.3 is 0 Å². The first-order valence-electron chi connectivity index (χ1n) is 7.14. The summed E-state index contributed by atoms with van der Waals surface area (Å²) in [5.41, 5.74) is 0.883. The van der Waals surface area contributed by atoms with Crippen LogP contribution in [-0.4, -0.2) is 48.6 Å². The molecule has 0 aliphatic carbocycles. The van der Waals surface area contributed by atoms with Gasteiger partial charge in [0.05, 0.1) is 6.10 Å². The van der Waals surface area contributed by atoms with Crippen LogP contribution in [-0.2, 0) is 0 Å². The van der Waals surface area contributed by atoms with E-state index >= 15 is 0 Å². The molecule has 2 unspecified atom stereocenters. The van der Waals surface area contributed by atoms with E-state index in [0.29, 0.717) is 11.1 Å². The molecule has 116 valence electrons. The number of hydrogen-bond acceptors (Lipinski definition) is 3. The normalized spacial score (nSPS) is 13.4. The van der Waals surface area contributed by atoms with Crippen molar-refractivity contribution in [2.24, 2.45) is 5.92 Å². The first-order chi connectivity index (χ1) is 9.86. The minimum absolute atomic E-state index is 0.131. The van der Waals surface area contributed by atoms with Gasteiger partial charge in [-0.2, -0.15) is 0 Å². The number of aliphatic hydroxyl groups is 1. The van der Waals surface area contributed by atoms with Crippen molar-refractivity contribution >= 4 is 11.8 Å². The van der Waals surface area contributed by atoms with Crippen LogP contribution in [0.2, 0.25) is 0 Å². The molecule has 0 heterocycles. The van der Waals surface area contributed by atoms with Gasteiger partial charge in [-0.15, -0.1) is 0 Å². The Labute approximate surface area is 126 Å². The number of hydrogen-bond donors (Lipinski definition) is 2. The first kappa shape index (κ1) is 17.2. The molecule has 0 spiro atoms. The van der Waals surface area contributed by atoms with Crippen molar-refractivity contribution in [2.45, 2.75) is 26.4 Å². The van der Waals surface area contributed by atoms with E-state index in [1.807, 2.05) is 13.8 Å². The van der Waals surface area contributed by atoms with Gasteiger partial charge in [-0.25, -0.2) is 0 Å². The average molecular weight is 292 g/mol. The van der Waals surface area contributed by atoms with E-state index in [1.54, 1.807) is 38.4 Å². The van der Waals surface area contributed by atoms with E-state index in [0.717, 1.165) is 6.42 Å². The Hall–Kier alpha value is -1.88. The van der Waals surface area contributed by atoms with Gasteiger partial charge in [0.1, 0.15) is 0 Å². The van der Waals surface area contributed by atoms with Crippen LogP contribution in [0.3, 0.4) is 0 Å². The third-order valence-electron chi connectivity index (χ3n) is 3.55. The van der Waals surface area contributed by atoms with Crippen molar-refractivity contribution in [3.8, 4) is 0 Å². The molecule has 0 bridgehead atoms. The molecule has 5 nitrogen and oxygen atoms in total. The Morgan fingerprint density at radius 3 is 2.48 bits per heavy atom. The zero-order chi connectivity index (χ0) is 16.0. The number of rotatable bonds is 6. The van der Waals surface area contributed by atoms with Crippen LogP contribution in [0.25, 0.3) is 0 Å². The Morgan fingerprint density at radius 2 is 1.90 bits per heavy atom. The highest BCUT2D eigenvalue weighted by molar-refractivity contribution is 5.99. The Bertz CT molecular complexity index is 500. The highest BCUT2D eigenvalue weighted by Gasteiger charge is 2.15. The number of amides is 2. The van der Waals surface area contributed by atoms with Gasteiger partial charge in [-0.3, -0.25) is 9.59 Å². The van der Waals surface area contributed by atoms with Crippen LogP contribution in [0.1, 0.15) is 41.0 Å². The molecule has 0 fully saturated rings. The number of nitrogens with zero attached hydrogens (tertiary/aromatic N) is 1. The molecule has 0 radical (unpaired) electrons. The smallest absolute Gasteiger partial charge is 0.253 e. The molecule has 1 aromatic rings. The van der Waals surface area contributed by atoms with Crippen LogP contribution in [0, 0.1) is 5.92 Å². The topological polar surface area (TPSA) is 69.6 Å². The molecule has 2 atom stereocenters. The van der Waals surface area contributed by atoms with Crippen LogP contribution in [0.15, 0.2) is 24.3 Å². The van der Waals surface area contributed by atoms with Crippen molar-refractivity contribution < 1.29 is 14.7 Å². The van der Waals surface area contributed by atoms with E-state index in [-0.39, 0.29) is 24.3 Å². The van der Waals surface area contributed by atoms with E-state index in [1.165, 1.54) is 4.90 Å². The molecule has 1 aromatic carbocycles. The van der Waals surface area contributed by atoms with Gasteiger partial charge < -0.3 is 15.3 Å². The number of carbonyl (C=O) groups is 2. The number of benzene rings is 1. The van der Waals surface area contributed by atoms with Crippen molar-refractivity contribution in [2.75, 3.05) is 20.6 Å². The maximum Gasteiger partial charge on any atom is 0.253 e. The lowest BCUT2D eigenvalue weighted by Gasteiger charge is -2.17. The summed E-state index contributed by atoms with van der Waals surface area (Å²) in [7, 11) is 3.33. The summed E-state index contributed by atoms with van der Waals surface area (Å²) in [6.07, 6.45) is 0.287. The summed E-state index contributed by atoms with van der Waals surface area (Å²) in [6, 6.07) is 6.56. The third kappa shape index (κ3) is 4.86. The molecule has 0 aliphatic heterocycles. The van der Waals surface area contributed by atoms with E-state index in [9.17, 15) is 14.7 Å². The summed E-state index contributed by atoms with van der Waals surface area (Å²) in [5, 5.41) is 12.5. The van der Waals surface area contributed by atoms with Gasteiger partial charge in [0.15, 0.2) is 0 Å². The summed E-state index contributed by atoms with van der Waals surface area (Å²) >= 11 is 0. The first-order valence-corrected chi connectivity index (χ1v) is 7.14. The third-order valence-corrected chi connectivity index (χ3v) is 3.55. The van der Waals surface area contributed by atoms with Crippen molar-refractivity contribution in [3.05, 3.63) is 35.4 Å². The summed E-state index contributed by atoms with van der Waals surface area (Å²) in [6.45, 7) is 4.14. The average Bonchev–Trinajstić information content (AvgIpc) is 2.50. The second kappa shape index (κ2) is 7.78. The zero-order valence-corrected chi connectivity index (χ0v) is 13.1. The molecule has 0 saturated heterocycles.